The lowest BCUT2D eigenvalue weighted by Gasteiger charge is -2.02. The molecule has 0 fully saturated rings. The molecule has 0 aliphatic carbocycles. The summed E-state index contributed by atoms with van der Waals surface area (Å²) in [5.41, 5.74) is 4.50. The van der Waals surface area contributed by atoms with Crippen molar-refractivity contribution in [3.05, 3.63) is 17.7 Å². The third kappa shape index (κ3) is 1.04. The van der Waals surface area contributed by atoms with Crippen molar-refractivity contribution in [1.29, 1.82) is 0 Å². The van der Waals surface area contributed by atoms with Gasteiger partial charge in [0.2, 0.25) is 5.82 Å². The molecule has 1 rings (SSSR count). The molecule has 0 radical (unpaired) electrons. The molecule has 5 heteroatoms. The molecule has 11 heavy (non-hydrogen) atoms. The van der Waals surface area contributed by atoms with Gasteiger partial charge in [-0.3, -0.25) is 0 Å². The number of anilines is 1. The molecule has 3 nitrogen and oxygen atoms in total. The predicted octanol–water partition coefficient (Wildman–Crippen LogP) is 0.958. The van der Waals surface area contributed by atoms with E-state index in [1.165, 1.54) is 0 Å². The molecular weight excluding hydrogens is 156 g/mol. The number of benzene rings is 1. The van der Waals surface area contributed by atoms with Crippen molar-refractivity contribution in [2.75, 3.05) is 5.73 Å². The smallest absolute Gasteiger partial charge is 0.211 e. The zero-order valence-electron chi connectivity index (χ0n) is 5.31. The summed E-state index contributed by atoms with van der Waals surface area (Å²) in [4.78, 5) is 0. The number of hydrogen-bond donors (Lipinski definition) is 3. The Hall–Kier alpha value is -1.52. The van der Waals surface area contributed by atoms with Crippen LogP contribution in [0, 0.1) is 11.6 Å². The van der Waals surface area contributed by atoms with Crippen molar-refractivity contribution in [1.82, 2.24) is 0 Å². The highest BCUT2D eigenvalue weighted by molar-refractivity contribution is 5.56. The second kappa shape index (κ2) is 2.26. The highest BCUT2D eigenvalue weighted by Crippen LogP contribution is 2.32. The fourth-order valence-electron chi connectivity index (χ4n) is 0.617. The largest absolute Gasteiger partial charge is 0.503 e. The van der Waals surface area contributed by atoms with E-state index in [4.69, 9.17) is 15.9 Å². The number of phenols is 2. The van der Waals surface area contributed by atoms with Crippen molar-refractivity contribution in [2.45, 2.75) is 0 Å². The minimum Gasteiger partial charge on any atom is -0.503 e. The van der Waals surface area contributed by atoms with Crippen LogP contribution in [0.25, 0.3) is 0 Å². The van der Waals surface area contributed by atoms with E-state index < -0.39 is 28.8 Å². The van der Waals surface area contributed by atoms with Gasteiger partial charge in [-0.25, -0.2) is 4.39 Å². The molecular formula is C6H5F2NO2. The molecule has 0 aromatic heterocycles. The Kier molecular flexibility index (Phi) is 1.56. The zero-order valence-corrected chi connectivity index (χ0v) is 5.31. The van der Waals surface area contributed by atoms with Crippen LogP contribution in [-0.2, 0) is 0 Å². The number of aromatic hydroxyl groups is 2. The fourth-order valence-corrected chi connectivity index (χ4v) is 0.617. The predicted molar refractivity (Wildman–Crippen MR) is 34.1 cm³/mol. The van der Waals surface area contributed by atoms with E-state index in [0.717, 1.165) is 0 Å². The van der Waals surface area contributed by atoms with Crippen LogP contribution in [0.15, 0.2) is 6.07 Å². The third-order valence-corrected chi connectivity index (χ3v) is 1.20. The van der Waals surface area contributed by atoms with Gasteiger partial charge in [0.25, 0.3) is 0 Å². The minimum absolute atomic E-state index is 0.446. The van der Waals surface area contributed by atoms with Crippen molar-refractivity contribution >= 4 is 5.69 Å². The molecule has 1 aromatic carbocycles. The summed E-state index contributed by atoms with van der Waals surface area (Å²) >= 11 is 0. The minimum atomic E-state index is -1.44. The van der Waals surface area contributed by atoms with Gasteiger partial charge in [-0.15, -0.1) is 0 Å². The molecule has 0 bridgehead atoms. The van der Waals surface area contributed by atoms with Gasteiger partial charge in [0.05, 0.1) is 5.69 Å². The second-order valence-electron chi connectivity index (χ2n) is 1.96. The van der Waals surface area contributed by atoms with Crippen molar-refractivity contribution in [2.24, 2.45) is 0 Å². The summed E-state index contributed by atoms with van der Waals surface area (Å²) in [7, 11) is 0. The summed E-state index contributed by atoms with van der Waals surface area (Å²) in [5, 5.41) is 17.2. The number of halogens is 2. The molecule has 0 atom stereocenters. The maximum atomic E-state index is 12.4. The Morgan fingerprint density at radius 3 is 2.27 bits per heavy atom. The van der Waals surface area contributed by atoms with Gasteiger partial charge >= 0.3 is 0 Å². The summed E-state index contributed by atoms with van der Waals surface area (Å²) < 4.78 is 24.8. The highest BCUT2D eigenvalue weighted by Gasteiger charge is 2.14. The van der Waals surface area contributed by atoms with E-state index in [1.54, 1.807) is 0 Å². The SMILES string of the molecule is Nc1cc(F)c(O)c(F)c1O. The molecule has 0 amide bonds. The molecule has 4 N–H and O–H groups in total. The van der Waals surface area contributed by atoms with Crippen LogP contribution < -0.4 is 5.73 Å². The molecule has 60 valence electrons. The van der Waals surface area contributed by atoms with Gasteiger partial charge in [0.1, 0.15) is 0 Å². The monoisotopic (exact) mass is 161 g/mol. The zero-order chi connectivity index (χ0) is 8.59. The van der Waals surface area contributed by atoms with E-state index in [-0.39, 0.29) is 0 Å². The molecule has 0 saturated heterocycles. The Morgan fingerprint density at radius 2 is 1.73 bits per heavy atom. The van der Waals surface area contributed by atoms with Gasteiger partial charge in [-0.1, -0.05) is 0 Å². The average molecular weight is 161 g/mol. The average Bonchev–Trinajstić information content (AvgIpc) is 1.97. The van der Waals surface area contributed by atoms with Crippen LogP contribution in [0.2, 0.25) is 0 Å². The lowest BCUT2D eigenvalue weighted by Crippen LogP contribution is -1.91. The Labute approximate surface area is 60.7 Å². The van der Waals surface area contributed by atoms with Crippen LogP contribution in [0.3, 0.4) is 0 Å². The maximum Gasteiger partial charge on any atom is 0.211 e. The third-order valence-electron chi connectivity index (χ3n) is 1.20. The van der Waals surface area contributed by atoms with E-state index in [1.807, 2.05) is 0 Å². The second-order valence-corrected chi connectivity index (χ2v) is 1.96. The molecule has 0 aliphatic rings. The topological polar surface area (TPSA) is 66.5 Å². The van der Waals surface area contributed by atoms with Gasteiger partial charge < -0.3 is 15.9 Å². The van der Waals surface area contributed by atoms with Crippen molar-refractivity contribution in [3.8, 4) is 11.5 Å². The van der Waals surface area contributed by atoms with Crippen molar-refractivity contribution in [3.63, 3.8) is 0 Å². The Morgan fingerprint density at radius 1 is 1.18 bits per heavy atom. The molecule has 0 saturated carbocycles. The normalized spacial score (nSPS) is 10.0. The first-order valence-corrected chi connectivity index (χ1v) is 2.69. The van der Waals surface area contributed by atoms with Crippen LogP contribution in [0.4, 0.5) is 14.5 Å². The summed E-state index contributed by atoms with van der Waals surface area (Å²) in [6, 6.07) is 0.633. The fraction of sp³-hybridized carbons (Fsp3) is 0. The first-order chi connectivity index (χ1) is 5.04. The van der Waals surface area contributed by atoms with Crippen molar-refractivity contribution < 1.29 is 19.0 Å². The van der Waals surface area contributed by atoms with Crippen LogP contribution >= 0.6 is 0 Å². The first-order valence-electron chi connectivity index (χ1n) is 2.69. The van der Waals surface area contributed by atoms with Gasteiger partial charge in [-0.2, -0.15) is 4.39 Å². The van der Waals surface area contributed by atoms with Crippen LogP contribution in [-0.4, -0.2) is 10.2 Å². The summed E-state index contributed by atoms with van der Waals surface area (Å²) in [6.07, 6.45) is 0. The Balaban J connectivity index is 3.46. The number of hydrogen-bond acceptors (Lipinski definition) is 3. The lowest BCUT2D eigenvalue weighted by molar-refractivity contribution is 0.368. The van der Waals surface area contributed by atoms with Crippen LogP contribution in [0.1, 0.15) is 0 Å². The molecule has 0 unspecified atom stereocenters. The Bertz CT molecular complexity index is 275. The van der Waals surface area contributed by atoms with E-state index >= 15 is 0 Å². The number of nitrogens with two attached hydrogens (primary N) is 1. The van der Waals surface area contributed by atoms with E-state index in [0.29, 0.717) is 6.07 Å². The highest BCUT2D eigenvalue weighted by atomic mass is 19.1. The van der Waals surface area contributed by atoms with Gasteiger partial charge in [0.15, 0.2) is 17.3 Å². The number of phenolic OH excluding ortho intramolecular Hbond substituents is 2. The molecule has 0 heterocycles. The number of rotatable bonds is 0. The van der Waals surface area contributed by atoms with Gasteiger partial charge in [0, 0.05) is 6.07 Å². The standard InChI is InChI=1S/C6H5F2NO2/c7-2-1-3(9)6(11)4(8)5(2)10/h1,10-11H,9H2. The first kappa shape index (κ1) is 7.59. The van der Waals surface area contributed by atoms with E-state index in [2.05, 4.69) is 0 Å². The lowest BCUT2D eigenvalue weighted by atomic mass is 10.2. The van der Waals surface area contributed by atoms with Gasteiger partial charge in [-0.05, 0) is 0 Å². The molecule has 0 aliphatic heterocycles. The maximum absolute atomic E-state index is 12.4. The van der Waals surface area contributed by atoms with E-state index in [9.17, 15) is 8.78 Å². The molecule has 0 spiro atoms. The summed E-state index contributed by atoms with van der Waals surface area (Å²) in [6.45, 7) is 0. The molecule has 1 aromatic rings. The summed E-state index contributed by atoms with van der Waals surface area (Å²) in [5.74, 6) is -4.80. The van der Waals surface area contributed by atoms with Crippen LogP contribution in [0.5, 0.6) is 11.5 Å². The quantitative estimate of drug-likeness (QED) is 0.301. The number of nitrogen functional groups attached to an aromatic ring is 1.